The quantitative estimate of drug-likeness (QED) is 0.786. The number of nitrogens with one attached hydrogen (secondary N) is 2. The smallest absolute Gasteiger partial charge is 0.351 e. The van der Waals surface area contributed by atoms with Crippen molar-refractivity contribution in [2.75, 3.05) is 32.7 Å². The van der Waals surface area contributed by atoms with Crippen molar-refractivity contribution < 1.29 is 22.5 Å². The van der Waals surface area contributed by atoms with Crippen molar-refractivity contribution in [1.29, 1.82) is 0 Å². The van der Waals surface area contributed by atoms with Crippen LogP contribution in [0.4, 0.5) is 13.2 Å². The van der Waals surface area contributed by atoms with Gasteiger partial charge in [0.1, 0.15) is 6.04 Å². The number of rotatable bonds is 6. The number of alkyl halides is 3. The number of carbonyl (C=O) groups is 1. The van der Waals surface area contributed by atoms with Crippen molar-refractivity contribution >= 4 is 18.3 Å². The van der Waals surface area contributed by atoms with Crippen LogP contribution in [0.1, 0.15) is 42.4 Å². The molecule has 2 atom stereocenters. The summed E-state index contributed by atoms with van der Waals surface area (Å²) in [5, 5.41) is 9.13. The van der Waals surface area contributed by atoms with Gasteiger partial charge < -0.3 is 15.2 Å². The molecule has 1 aliphatic rings. The van der Waals surface area contributed by atoms with E-state index in [9.17, 15) is 18.0 Å². The lowest BCUT2D eigenvalue weighted by atomic mass is 10.1. The van der Waals surface area contributed by atoms with E-state index >= 15 is 0 Å². The molecule has 2 rings (SSSR count). The fraction of sp³-hybridized carbons (Fsp3) is 0.733. The Morgan fingerprint density at radius 3 is 2.64 bits per heavy atom. The number of piperazine rings is 1. The molecule has 0 aromatic carbocycles. The zero-order valence-corrected chi connectivity index (χ0v) is 15.0. The van der Waals surface area contributed by atoms with E-state index in [4.69, 9.17) is 4.52 Å². The highest BCUT2D eigenvalue weighted by Crippen LogP contribution is 2.25. The van der Waals surface area contributed by atoms with E-state index in [-0.39, 0.29) is 24.1 Å². The van der Waals surface area contributed by atoms with E-state index in [2.05, 4.69) is 15.8 Å². The van der Waals surface area contributed by atoms with E-state index < -0.39 is 24.7 Å². The highest BCUT2D eigenvalue weighted by atomic mass is 35.5. The van der Waals surface area contributed by atoms with E-state index in [0.29, 0.717) is 31.9 Å². The van der Waals surface area contributed by atoms with Gasteiger partial charge in [-0.3, -0.25) is 9.69 Å². The number of amides is 1. The molecule has 10 heteroatoms. The summed E-state index contributed by atoms with van der Waals surface area (Å²) in [6.45, 7) is 4.98. The maximum Gasteiger partial charge on any atom is 0.405 e. The molecule has 1 aromatic rings. The predicted molar refractivity (Wildman–Crippen MR) is 89.1 cm³/mol. The Morgan fingerprint density at radius 2 is 2.08 bits per heavy atom. The van der Waals surface area contributed by atoms with Crippen LogP contribution in [0.3, 0.4) is 0 Å². The standard InChI is InChI=1S/C15H23F3N4O2.ClH/c1-3-10(2)11-8-12(24-21-11)14(23)20-9-13(15(16,17)18)22-6-4-19-5-7-22;/h8,10,13,19H,3-7,9H2,1-2H3,(H,20,23);1H. The zero-order chi connectivity index (χ0) is 17.7. The van der Waals surface area contributed by atoms with Crippen molar-refractivity contribution in [2.45, 2.75) is 38.4 Å². The third-order valence-corrected chi connectivity index (χ3v) is 4.30. The summed E-state index contributed by atoms with van der Waals surface area (Å²) in [7, 11) is 0. The molecular weight excluding hydrogens is 361 g/mol. The largest absolute Gasteiger partial charge is 0.405 e. The molecule has 0 bridgehead atoms. The molecular formula is C15H24ClF3N4O2. The van der Waals surface area contributed by atoms with Crippen molar-refractivity contribution in [3.63, 3.8) is 0 Å². The molecule has 1 saturated heterocycles. The van der Waals surface area contributed by atoms with E-state index in [0.717, 1.165) is 6.42 Å². The maximum absolute atomic E-state index is 13.3. The summed E-state index contributed by atoms with van der Waals surface area (Å²) in [4.78, 5) is 13.4. The second-order valence-electron chi connectivity index (χ2n) is 5.98. The van der Waals surface area contributed by atoms with E-state index in [1.807, 2.05) is 13.8 Å². The Balaban J connectivity index is 0.00000312. The van der Waals surface area contributed by atoms with Gasteiger partial charge in [0, 0.05) is 44.7 Å². The molecule has 1 fully saturated rings. The van der Waals surface area contributed by atoms with Crippen molar-refractivity contribution in [1.82, 2.24) is 20.7 Å². The second-order valence-corrected chi connectivity index (χ2v) is 5.98. The lowest BCUT2D eigenvalue weighted by molar-refractivity contribution is -0.183. The van der Waals surface area contributed by atoms with Gasteiger partial charge in [0.2, 0.25) is 5.76 Å². The molecule has 2 heterocycles. The first kappa shape index (κ1) is 21.7. The number of hydrogen-bond donors (Lipinski definition) is 2. The third-order valence-electron chi connectivity index (χ3n) is 4.30. The second kappa shape index (κ2) is 9.40. The first-order chi connectivity index (χ1) is 11.3. The van der Waals surface area contributed by atoms with Gasteiger partial charge in [0.05, 0.1) is 5.69 Å². The highest BCUT2D eigenvalue weighted by Gasteiger charge is 2.44. The molecule has 25 heavy (non-hydrogen) atoms. The minimum atomic E-state index is -4.41. The van der Waals surface area contributed by atoms with Crippen LogP contribution in [0.5, 0.6) is 0 Å². The van der Waals surface area contributed by atoms with Gasteiger partial charge in [-0.25, -0.2) is 0 Å². The molecule has 2 N–H and O–H groups in total. The Hall–Kier alpha value is -1.32. The summed E-state index contributed by atoms with van der Waals surface area (Å²) in [5.74, 6) is -0.618. The van der Waals surface area contributed by atoms with Crippen LogP contribution in [0.2, 0.25) is 0 Å². The van der Waals surface area contributed by atoms with Crippen LogP contribution in [0, 0.1) is 0 Å². The van der Waals surface area contributed by atoms with Gasteiger partial charge >= 0.3 is 6.18 Å². The number of carbonyl (C=O) groups excluding carboxylic acids is 1. The van der Waals surface area contributed by atoms with Crippen LogP contribution in [-0.4, -0.2) is 60.9 Å². The number of nitrogens with zero attached hydrogens (tertiary/aromatic N) is 2. The Morgan fingerprint density at radius 1 is 1.44 bits per heavy atom. The Bertz CT molecular complexity index is 547. The molecule has 1 aliphatic heterocycles. The summed E-state index contributed by atoms with van der Waals surface area (Å²) < 4.78 is 44.7. The van der Waals surface area contributed by atoms with Gasteiger partial charge in [-0.2, -0.15) is 13.2 Å². The van der Waals surface area contributed by atoms with E-state index in [1.165, 1.54) is 11.0 Å². The normalized spacial score (nSPS) is 18.3. The van der Waals surface area contributed by atoms with Crippen molar-refractivity contribution in [3.8, 4) is 0 Å². The van der Waals surface area contributed by atoms with Crippen LogP contribution in [0.25, 0.3) is 0 Å². The first-order valence-electron chi connectivity index (χ1n) is 8.09. The average molecular weight is 385 g/mol. The summed E-state index contributed by atoms with van der Waals surface area (Å²) in [6, 6.07) is -0.225. The van der Waals surface area contributed by atoms with Crippen LogP contribution in [-0.2, 0) is 0 Å². The molecule has 1 amide bonds. The SMILES string of the molecule is CCC(C)c1cc(C(=O)NCC(N2CCNCC2)C(F)(F)F)on1.Cl. The molecule has 0 saturated carbocycles. The number of halogens is 4. The average Bonchev–Trinajstić information content (AvgIpc) is 3.04. The molecule has 6 nitrogen and oxygen atoms in total. The molecule has 144 valence electrons. The topological polar surface area (TPSA) is 70.4 Å². The van der Waals surface area contributed by atoms with Gasteiger partial charge in [-0.05, 0) is 6.42 Å². The van der Waals surface area contributed by atoms with Crippen molar-refractivity contribution in [2.24, 2.45) is 0 Å². The fourth-order valence-electron chi connectivity index (χ4n) is 2.56. The Labute approximate surface area is 150 Å². The summed E-state index contributed by atoms with van der Waals surface area (Å²) in [5.41, 5.74) is 0.622. The predicted octanol–water partition coefficient (Wildman–Crippen LogP) is 2.18. The summed E-state index contributed by atoms with van der Waals surface area (Å²) in [6.07, 6.45) is -3.58. The zero-order valence-electron chi connectivity index (χ0n) is 14.2. The number of aromatic nitrogens is 1. The Kier molecular flexibility index (Phi) is 8.17. The van der Waals surface area contributed by atoms with Gasteiger partial charge in [0.25, 0.3) is 5.91 Å². The number of hydrogen-bond acceptors (Lipinski definition) is 5. The molecule has 0 aliphatic carbocycles. The lowest BCUT2D eigenvalue weighted by Gasteiger charge is -2.35. The van der Waals surface area contributed by atoms with Crippen LogP contribution < -0.4 is 10.6 Å². The van der Waals surface area contributed by atoms with Gasteiger partial charge in [-0.1, -0.05) is 19.0 Å². The van der Waals surface area contributed by atoms with Crippen LogP contribution >= 0.6 is 12.4 Å². The fourth-order valence-corrected chi connectivity index (χ4v) is 2.56. The highest BCUT2D eigenvalue weighted by molar-refractivity contribution is 5.91. The van der Waals surface area contributed by atoms with E-state index in [1.54, 1.807) is 0 Å². The first-order valence-corrected chi connectivity index (χ1v) is 8.09. The van der Waals surface area contributed by atoms with Gasteiger partial charge in [-0.15, -0.1) is 12.4 Å². The molecule has 1 aromatic heterocycles. The summed E-state index contributed by atoms with van der Waals surface area (Å²) >= 11 is 0. The molecule has 2 unspecified atom stereocenters. The molecule has 0 spiro atoms. The molecule has 0 radical (unpaired) electrons. The van der Waals surface area contributed by atoms with Gasteiger partial charge in [0.15, 0.2) is 0 Å². The minimum Gasteiger partial charge on any atom is -0.351 e. The van der Waals surface area contributed by atoms with Crippen molar-refractivity contribution in [3.05, 3.63) is 17.5 Å². The third kappa shape index (κ3) is 5.86. The minimum absolute atomic E-state index is 0. The maximum atomic E-state index is 13.3. The lowest BCUT2D eigenvalue weighted by Crippen LogP contribution is -2.57. The van der Waals surface area contributed by atoms with Crippen LogP contribution in [0.15, 0.2) is 10.6 Å². The monoisotopic (exact) mass is 384 g/mol.